The molecule has 0 amide bonds. The van der Waals surface area contributed by atoms with Crippen LogP contribution in [0.2, 0.25) is 0 Å². The minimum atomic E-state index is -0.652. The normalized spacial score (nSPS) is 10.4. The molecule has 0 unspecified atom stereocenters. The summed E-state index contributed by atoms with van der Waals surface area (Å²) >= 11 is 0. The number of ether oxygens (including phenoxy) is 2. The zero-order valence-corrected chi connectivity index (χ0v) is 11.5. The summed E-state index contributed by atoms with van der Waals surface area (Å²) < 4.78 is 37.8. The van der Waals surface area contributed by atoms with Gasteiger partial charge >= 0.3 is 0 Å². The molecule has 2 radical (unpaired) electrons. The van der Waals surface area contributed by atoms with Gasteiger partial charge in [-0.05, 0) is 35.7 Å². The van der Waals surface area contributed by atoms with Crippen molar-refractivity contribution in [2.75, 3.05) is 14.2 Å². The molecule has 2 aromatic rings. The molecule has 0 heterocycles. The highest BCUT2D eigenvalue weighted by atomic mass is 19.1. The Morgan fingerprint density at radius 1 is 0.850 bits per heavy atom. The Balaban J connectivity index is 2.64. The van der Waals surface area contributed by atoms with Gasteiger partial charge in [0.2, 0.25) is 0 Å². The zero-order chi connectivity index (χ0) is 14.9. The second kappa shape index (κ2) is 5.53. The van der Waals surface area contributed by atoms with Gasteiger partial charge in [0.25, 0.3) is 0 Å². The number of hydrogen-bond acceptors (Lipinski definition) is 2. The molecule has 20 heavy (non-hydrogen) atoms. The van der Waals surface area contributed by atoms with E-state index in [1.807, 2.05) is 0 Å². The molecule has 0 saturated carbocycles. The molecule has 2 aromatic carbocycles. The third kappa shape index (κ3) is 2.24. The fourth-order valence-electron chi connectivity index (χ4n) is 2.08. The van der Waals surface area contributed by atoms with E-state index in [1.54, 1.807) is 19.1 Å². The van der Waals surface area contributed by atoms with Gasteiger partial charge < -0.3 is 9.47 Å². The minimum Gasteiger partial charge on any atom is -0.494 e. The van der Waals surface area contributed by atoms with Crippen LogP contribution in [-0.2, 0) is 0 Å². The smallest absolute Gasteiger partial charge is 0.168 e. The molecule has 0 bridgehead atoms. The van der Waals surface area contributed by atoms with Crippen LogP contribution < -0.4 is 14.9 Å². The Hall–Kier alpha value is -2.04. The summed E-state index contributed by atoms with van der Waals surface area (Å²) in [5.41, 5.74) is 1.21. The monoisotopic (exact) mass is 274 g/mol. The van der Waals surface area contributed by atoms with E-state index in [0.717, 1.165) is 0 Å². The molecule has 2 rings (SSSR count). The lowest BCUT2D eigenvalue weighted by Gasteiger charge is -2.14. The predicted octanol–water partition coefficient (Wildman–Crippen LogP) is 2.75. The summed E-state index contributed by atoms with van der Waals surface area (Å²) in [6.45, 7) is 1.59. The lowest BCUT2D eigenvalue weighted by Crippen LogP contribution is -2.14. The Kier molecular flexibility index (Phi) is 3.97. The van der Waals surface area contributed by atoms with Gasteiger partial charge in [-0.15, -0.1) is 0 Å². The maximum Gasteiger partial charge on any atom is 0.168 e. The van der Waals surface area contributed by atoms with Gasteiger partial charge in [0.1, 0.15) is 7.85 Å². The van der Waals surface area contributed by atoms with Crippen molar-refractivity contribution in [3.05, 3.63) is 41.5 Å². The molecular formula is C15H13BF2O2. The Morgan fingerprint density at radius 2 is 1.35 bits per heavy atom. The highest BCUT2D eigenvalue weighted by molar-refractivity contribution is 6.36. The van der Waals surface area contributed by atoms with E-state index in [0.29, 0.717) is 16.7 Å². The Bertz CT molecular complexity index is 599. The van der Waals surface area contributed by atoms with Gasteiger partial charge in [0.05, 0.1) is 14.2 Å². The number of halogens is 2. The van der Waals surface area contributed by atoms with Crippen LogP contribution in [0.25, 0.3) is 11.1 Å². The van der Waals surface area contributed by atoms with Crippen molar-refractivity contribution in [1.29, 1.82) is 0 Å². The lowest BCUT2D eigenvalue weighted by atomic mass is 9.84. The van der Waals surface area contributed by atoms with Crippen LogP contribution in [0.1, 0.15) is 5.56 Å². The standard InChI is InChI=1S/C15H13BF2O2/c1-8-9(4-6-11(19-2)14(8)17)10-5-7-12(20-3)15(18)13(10)16/h4-7H,1-3H3. The van der Waals surface area contributed by atoms with Crippen molar-refractivity contribution in [1.82, 2.24) is 0 Å². The van der Waals surface area contributed by atoms with Gasteiger partial charge in [0, 0.05) is 0 Å². The molecule has 0 aliphatic rings. The van der Waals surface area contributed by atoms with Crippen LogP contribution >= 0.6 is 0 Å². The predicted molar refractivity (Wildman–Crippen MR) is 75.0 cm³/mol. The fourth-order valence-corrected chi connectivity index (χ4v) is 2.08. The molecule has 0 atom stereocenters. The van der Waals surface area contributed by atoms with E-state index in [1.165, 1.54) is 26.4 Å². The van der Waals surface area contributed by atoms with Crippen LogP contribution in [0.3, 0.4) is 0 Å². The van der Waals surface area contributed by atoms with Crippen LogP contribution in [0, 0.1) is 18.6 Å². The second-order valence-electron chi connectivity index (χ2n) is 4.30. The first-order valence-corrected chi connectivity index (χ1v) is 5.96. The van der Waals surface area contributed by atoms with Gasteiger partial charge in [-0.2, -0.15) is 0 Å². The topological polar surface area (TPSA) is 18.5 Å². The average molecular weight is 274 g/mol. The summed E-state index contributed by atoms with van der Waals surface area (Å²) in [6.07, 6.45) is 0. The highest BCUT2D eigenvalue weighted by Gasteiger charge is 2.16. The Morgan fingerprint density at radius 3 is 1.90 bits per heavy atom. The van der Waals surface area contributed by atoms with Crippen molar-refractivity contribution in [2.45, 2.75) is 6.92 Å². The third-order valence-corrected chi connectivity index (χ3v) is 3.23. The number of rotatable bonds is 3. The molecule has 0 aliphatic heterocycles. The summed E-state index contributed by atoms with van der Waals surface area (Å²) in [4.78, 5) is 0. The van der Waals surface area contributed by atoms with E-state index in [4.69, 9.17) is 17.3 Å². The van der Waals surface area contributed by atoms with E-state index in [-0.39, 0.29) is 17.0 Å². The highest BCUT2D eigenvalue weighted by Crippen LogP contribution is 2.31. The first kappa shape index (κ1) is 14.4. The molecule has 0 saturated heterocycles. The van der Waals surface area contributed by atoms with Crippen LogP contribution in [0.15, 0.2) is 24.3 Å². The molecule has 0 aromatic heterocycles. The molecule has 0 fully saturated rings. The molecule has 0 aliphatic carbocycles. The SMILES string of the molecule is [B]c1c(-c2ccc(OC)c(F)c2C)ccc(OC)c1F. The minimum absolute atomic E-state index is 0.0536. The van der Waals surface area contributed by atoms with Crippen molar-refractivity contribution in [3.63, 3.8) is 0 Å². The van der Waals surface area contributed by atoms with Gasteiger partial charge in [-0.25, -0.2) is 8.78 Å². The second-order valence-corrected chi connectivity index (χ2v) is 4.30. The molecule has 0 N–H and O–H groups in total. The number of methoxy groups -OCH3 is 2. The molecule has 2 nitrogen and oxygen atoms in total. The lowest BCUT2D eigenvalue weighted by molar-refractivity contribution is 0.385. The van der Waals surface area contributed by atoms with Crippen molar-refractivity contribution < 1.29 is 18.3 Å². The molecule has 0 spiro atoms. The van der Waals surface area contributed by atoms with Crippen molar-refractivity contribution in [3.8, 4) is 22.6 Å². The maximum atomic E-state index is 14.0. The fraction of sp³-hybridized carbons (Fsp3) is 0.200. The zero-order valence-electron chi connectivity index (χ0n) is 11.5. The quantitative estimate of drug-likeness (QED) is 0.801. The van der Waals surface area contributed by atoms with E-state index in [9.17, 15) is 8.78 Å². The average Bonchev–Trinajstić information content (AvgIpc) is 2.45. The van der Waals surface area contributed by atoms with Gasteiger partial charge in [-0.3, -0.25) is 0 Å². The summed E-state index contributed by atoms with van der Waals surface area (Å²) in [5, 5.41) is 0. The Labute approximate surface area is 117 Å². The number of benzene rings is 2. The maximum absolute atomic E-state index is 14.0. The van der Waals surface area contributed by atoms with E-state index < -0.39 is 11.6 Å². The summed E-state index contributed by atoms with van der Waals surface area (Å²) in [6, 6.07) is 6.20. The van der Waals surface area contributed by atoms with Crippen molar-refractivity contribution in [2.24, 2.45) is 0 Å². The van der Waals surface area contributed by atoms with Crippen LogP contribution in [0.5, 0.6) is 11.5 Å². The van der Waals surface area contributed by atoms with Gasteiger partial charge in [0.15, 0.2) is 23.1 Å². The van der Waals surface area contributed by atoms with Crippen LogP contribution in [0.4, 0.5) is 8.78 Å². The molecular weight excluding hydrogens is 261 g/mol. The van der Waals surface area contributed by atoms with Crippen LogP contribution in [-0.4, -0.2) is 22.1 Å². The molecule has 5 heteroatoms. The number of hydrogen-bond donors (Lipinski definition) is 0. The van der Waals surface area contributed by atoms with Crippen molar-refractivity contribution >= 4 is 13.3 Å². The van der Waals surface area contributed by atoms with E-state index >= 15 is 0 Å². The largest absolute Gasteiger partial charge is 0.494 e. The first-order chi connectivity index (χ1) is 9.51. The summed E-state index contributed by atoms with van der Waals surface area (Å²) in [5.74, 6) is -0.946. The summed E-state index contributed by atoms with van der Waals surface area (Å²) in [7, 11) is 8.52. The van der Waals surface area contributed by atoms with E-state index in [2.05, 4.69) is 0 Å². The first-order valence-electron chi connectivity index (χ1n) is 5.96. The van der Waals surface area contributed by atoms with Gasteiger partial charge in [-0.1, -0.05) is 17.6 Å². The molecule has 102 valence electrons. The third-order valence-electron chi connectivity index (χ3n) is 3.23.